The number of allylic oxidation sites excluding steroid dienone is 6. The van der Waals surface area contributed by atoms with Gasteiger partial charge in [0.2, 0.25) is 0 Å². The molecule has 0 unspecified atom stereocenters. The van der Waals surface area contributed by atoms with E-state index in [1.807, 2.05) is 23.6 Å². The Bertz CT molecular complexity index is 770. The third-order valence-corrected chi connectivity index (χ3v) is 3.30. The van der Waals surface area contributed by atoms with Gasteiger partial charge < -0.3 is 10.5 Å². The van der Waals surface area contributed by atoms with Crippen LogP contribution < -0.4 is 10.5 Å². The minimum Gasteiger partial charge on any atom is -0.468 e. The van der Waals surface area contributed by atoms with E-state index in [2.05, 4.69) is 33.2 Å². The lowest BCUT2D eigenvalue weighted by Crippen LogP contribution is -2.05. The van der Waals surface area contributed by atoms with Crippen LogP contribution >= 0.6 is 0 Å². The molecule has 6 heteroatoms. The van der Waals surface area contributed by atoms with Gasteiger partial charge in [-0.05, 0) is 18.9 Å². The summed E-state index contributed by atoms with van der Waals surface area (Å²) >= 11 is 0. The molecule has 3 rings (SSSR count). The Morgan fingerprint density at radius 3 is 2.95 bits per heavy atom. The highest BCUT2D eigenvalue weighted by Gasteiger charge is 2.16. The van der Waals surface area contributed by atoms with E-state index < -0.39 is 0 Å². The van der Waals surface area contributed by atoms with Crippen molar-refractivity contribution in [3.63, 3.8) is 0 Å². The van der Waals surface area contributed by atoms with Crippen LogP contribution in [0.25, 0.3) is 11.2 Å². The van der Waals surface area contributed by atoms with Gasteiger partial charge in [-0.25, -0.2) is 9.97 Å². The second-order valence-corrected chi connectivity index (χ2v) is 4.81. The van der Waals surface area contributed by atoms with Crippen LogP contribution in [0.1, 0.15) is 12.2 Å². The summed E-state index contributed by atoms with van der Waals surface area (Å²) in [6, 6.07) is 0.489. The van der Waals surface area contributed by atoms with Gasteiger partial charge in [0.05, 0.1) is 13.7 Å². The maximum atomic E-state index is 5.93. The van der Waals surface area contributed by atoms with E-state index in [0.717, 1.165) is 6.42 Å². The first-order valence-electron chi connectivity index (χ1n) is 6.75. The van der Waals surface area contributed by atoms with Gasteiger partial charge in [0, 0.05) is 0 Å². The zero-order valence-electron chi connectivity index (χ0n) is 12.1. The van der Waals surface area contributed by atoms with Crippen molar-refractivity contribution in [2.24, 2.45) is 0 Å². The van der Waals surface area contributed by atoms with E-state index in [9.17, 15) is 0 Å². The SMILES string of the molecule is COc1nc2c(N)nc(C)nc2n1CC1=CCC=CC=C1. The summed E-state index contributed by atoms with van der Waals surface area (Å²) in [5.74, 6) is 0.998. The van der Waals surface area contributed by atoms with E-state index in [4.69, 9.17) is 10.5 Å². The van der Waals surface area contributed by atoms with Gasteiger partial charge in [-0.2, -0.15) is 4.98 Å². The van der Waals surface area contributed by atoms with Crippen LogP contribution in [0.15, 0.2) is 36.0 Å². The topological polar surface area (TPSA) is 78.8 Å². The monoisotopic (exact) mass is 283 g/mol. The largest absolute Gasteiger partial charge is 0.468 e. The standard InChI is InChI=1S/C15H17N5O/c1-10-17-13(16)12-14(18-10)20(15(19-12)21-2)9-11-7-5-3-4-6-8-11/h3-5,7-8H,6,9H2,1-2H3,(H2,16,17,18). The summed E-state index contributed by atoms with van der Waals surface area (Å²) in [6.07, 6.45) is 11.3. The average molecular weight is 283 g/mol. The van der Waals surface area contributed by atoms with Crippen LogP contribution in [-0.2, 0) is 6.54 Å². The van der Waals surface area contributed by atoms with Gasteiger partial charge in [0.25, 0.3) is 6.01 Å². The molecule has 1 aliphatic rings. The molecule has 0 radical (unpaired) electrons. The predicted octanol–water partition coefficient (Wildman–Crippen LogP) is 2.17. The second-order valence-electron chi connectivity index (χ2n) is 4.81. The molecule has 0 amide bonds. The fourth-order valence-electron chi connectivity index (χ4n) is 2.34. The van der Waals surface area contributed by atoms with Crippen molar-refractivity contribution in [2.75, 3.05) is 12.8 Å². The smallest absolute Gasteiger partial charge is 0.298 e. The second kappa shape index (κ2) is 5.40. The number of nitrogens with two attached hydrogens (primary N) is 1. The number of aromatic nitrogens is 4. The number of aryl methyl sites for hydroxylation is 1. The molecule has 6 nitrogen and oxygen atoms in total. The number of hydrogen-bond donors (Lipinski definition) is 1. The minimum atomic E-state index is 0.376. The molecule has 2 heterocycles. The van der Waals surface area contributed by atoms with Gasteiger partial charge in [0.15, 0.2) is 17.0 Å². The van der Waals surface area contributed by atoms with Crippen LogP contribution in [0, 0.1) is 6.92 Å². The number of nitrogen functional groups attached to an aromatic ring is 1. The summed E-state index contributed by atoms with van der Waals surface area (Å²) in [5, 5.41) is 0. The molecule has 0 atom stereocenters. The van der Waals surface area contributed by atoms with E-state index in [1.165, 1.54) is 5.57 Å². The molecule has 0 aromatic carbocycles. The van der Waals surface area contributed by atoms with Crippen LogP contribution in [0.2, 0.25) is 0 Å². The lowest BCUT2D eigenvalue weighted by molar-refractivity contribution is 0.363. The Balaban J connectivity index is 2.10. The van der Waals surface area contributed by atoms with Crippen LogP contribution in [0.4, 0.5) is 5.82 Å². The fourth-order valence-corrected chi connectivity index (χ4v) is 2.34. The highest BCUT2D eigenvalue weighted by Crippen LogP contribution is 2.25. The number of nitrogens with zero attached hydrogens (tertiary/aromatic N) is 4. The van der Waals surface area contributed by atoms with Gasteiger partial charge in [0.1, 0.15) is 5.82 Å². The molecule has 1 aliphatic carbocycles. The lowest BCUT2D eigenvalue weighted by Gasteiger charge is -2.08. The Hall–Kier alpha value is -2.63. The van der Waals surface area contributed by atoms with Gasteiger partial charge >= 0.3 is 0 Å². The molecule has 2 aromatic rings. The van der Waals surface area contributed by atoms with Crippen molar-refractivity contribution in [3.8, 4) is 6.01 Å². The highest BCUT2D eigenvalue weighted by atomic mass is 16.5. The molecule has 21 heavy (non-hydrogen) atoms. The molecule has 2 N–H and O–H groups in total. The van der Waals surface area contributed by atoms with Crippen LogP contribution in [-0.4, -0.2) is 26.6 Å². The molecular weight excluding hydrogens is 266 g/mol. The molecular formula is C15H17N5O. The number of fused-ring (bicyclic) bond motifs is 1. The normalized spacial score (nSPS) is 14.3. The number of hydrogen-bond acceptors (Lipinski definition) is 5. The third-order valence-electron chi connectivity index (χ3n) is 3.30. The minimum absolute atomic E-state index is 0.376. The van der Waals surface area contributed by atoms with Crippen molar-refractivity contribution in [1.29, 1.82) is 0 Å². The molecule has 0 fully saturated rings. The molecule has 0 saturated carbocycles. The Kier molecular flexibility index (Phi) is 3.43. The van der Waals surface area contributed by atoms with Crippen molar-refractivity contribution >= 4 is 17.0 Å². The first kappa shape index (κ1) is 13.4. The molecule has 0 saturated heterocycles. The first-order valence-corrected chi connectivity index (χ1v) is 6.75. The summed E-state index contributed by atoms with van der Waals surface area (Å²) < 4.78 is 7.28. The van der Waals surface area contributed by atoms with E-state index in [0.29, 0.717) is 35.4 Å². The summed E-state index contributed by atoms with van der Waals surface area (Å²) in [5.41, 5.74) is 8.38. The van der Waals surface area contributed by atoms with E-state index in [-0.39, 0.29) is 0 Å². The van der Waals surface area contributed by atoms with Gasteiger partial charge in [-0.15, -0.1) is 0 Å². The molecule has 2 aromatic heterocycles. The number of ether oxygens (including phenoxy) is 1. The van der Waals surface area contributed by atoms with Crippen molar-refractivity contribution < 1.29 is 4.74 Å². The Morgan fingerprint density at radius 1 is 1.29 bits per heavy atom. The van der Waals surface area contributed by atoms with Crippen LogP contribution in [0.3, 0.4) is 0 Å². The van der Waals surface area contributed by atoms with E-state index in [1.54, 1.807) is 7.11 Å². The molecule has 0 spiro atoms. The summed E-state index contributed by atoms with van der Waals surface area (Å²) in [6.45, 7) is 2.45. The van der Waals surface area contributed by atoms with Crippen molar-refractivity contribution in [1.82, 2.24) is 19.5 Å². The summed E-state index contributed by atoms with van der Waals surface area (Å²) in [4.78, 5) is 13.0. The zero-order valence-corrected chi connectivity index (χ0v) is 12.1. The average Bonchev–Trinajstić information content (AvgIpc) is 2.63. The van der Waals surface area contributed by atoms with Crippen molar-refractivity contribution in [3.05, 3.63) is 41.8 Å². The summed E-state index contributed by atoms with van der Waals surface area (Å²) in [7, 11) is 1.59. The molecule has 0 aliphatic heterocycles. The lowest BCUT2D eigenvalue weighted by atomic mass is 10.2. The number of rotatable bonds is 3. The highest BCUT2D eigenvalue weighted by molar-refractivity contribution is 5.82. The van der Waals surface area contributed by atoms with Gasteiger partial charge in [-0.1, -0.05) is 30.4 Å². The van der Waals surface area contributed by atoms with Gasteiger partial charge in [-0.3, -0.25) is 4.57 Å². The quantitative estimate of drug-likeness (QED) is 0.934. The first-order chi connectivity index (χ1) is 10.2. The number of anilines is 1. The van der Waals surface area contributed by atoms with E-state index >= 15 is 0 Å². The maximum Gasteiger partial charge on any atom is 0.298 e. The number of methoxy groups -OCH3 is 1. The number of imidazole rings is 1. The van der Waals surface area contributed by atoms with Crippen molar-refractivity contribution in [2.45, 2.75) is 19.9 Å². The fraction of sp³-hybridized carbons (Fsp3) is 0.267. The Morgan fingerprint density at radius 2 is 2.14 bits per heavy atom. The maximum absolute atomic E-state index is 5.93. The molecule has 0 bridgehead atoms. The Labute approximate surface area is 122 Å². The molecule has 108 valence electrons. The zero-order chi connectivity index (χ0) is 14.8. The predicted molar refractivity (Wildman–Crippen MR) is 82.0 cm³/mol. The van der Waals surface area contributed by atoms with Crippen LogP contribution in [0.5, 0.6) is 6.01 Å². The third kappa shape index (κ3) is 2.52.